The first-order valence-electron chi connectivity index (χ1n) is 11.0. The average molecular weight is 524 g/mol. The van der Waals surface area contributed by atoms with Crippen LogP contribution in [0.15, 0.2) is 81.7 Å². The van der Waals surface area contributed by atoms with Crippen molar-refractivity contribution < 1.29 is 4.42 Å². The molecular formula is C26H24BrClN4O. The molecule has 0 bridgehead atoms. The van der Waals surface area contributed by atoms with Gasteiger partial charge in [-0.1, -0.05) is 63.9 Å². The van der Waals surface area contributed by atoms with Gasteiger partial charge < -0.3 is 9.32 Å². The Morgan fingerprint density at radius 3 is 2.36 bits per heavy atom. The molecule has 2 heterocycles. The van der Waals surface area contributed by atoms with E-state index in [2.05, 4.69) is 79.2 Å². The molecule has 0 amide bonds. The summed E-state index contributed by atoms with van der Waals surface area (Å²) < 4.78 is 7.25. The second kappa shape index (κ2) is 9.67. The molecule has 3 aromatic carbocycles. The van der Waals surface area contributed by atoms with Crippen LogP contribution in [0, 0.1) is 6.92 Å². The van der Waals surface area contributed by atoms with Crippen molar-refractivity contribution in [2.24, 2.45) is 0 Å². The lowest BCUT2D eigenvalue weighted by molar-refractivity contribution is 0.188. The highest BCUT2D eigenvalue weighted by Crippen LogP contribution is 2.33. The third-order valence-corrected chi connectivity index (χ3v) is 6.84. The molecule has 0 spiro atoms. The molecule has 1 fully saturated rings. The lowest BCUT2D eigenvalue weighted by Crippen LogP contribution is -2.48. The first kappa shape index (κ1) is 22.1. The van der Waals surface area contributed by atoms with Crippen molar-refractivity contribution in [3.05, 3.63) is 99.3 Å². The smallest absolute Gasteiger partial charge is 0.247 e. The van der Waals surface area contributed by atoms with Crippen LogP contribution in [0.5, 0.6) is 0 Å². The minimum absolute atomic E-state index is 0.106. The number of halogens is 2. The lowest BCUT2D eigenvalue weighted by Gasteiger charge is -2.39. The molecule has 5 nitrogen and oxygen atoms in total. The highest BCUT2D eigenvalue weighted by Gasteiger charge is 2.31. The summed E-state index contributed by atoms with van der Waals surface area (Å²) in [6, 6.07) is 24.2. The molecule has 5 rings (SSSR count). The van der Waals surface area contributed by atoms with Gasteiger partial charge in [-0.25, -0.2) is 0 Å². The van der Waals surface area contributed by atoms with Gasteiger partial charge >= 0.3 is 0 Å². The maximum Gasteiger partial charge on any atom is 0.247 e. The molecule has 0 N–H and O–H groups in total. The molecule has 0 unspecified atom stereocenters. The molecule has 168 valence electrons. The normalized spacial score (nSPS) is 15.5. The van der Waals surface area contributed by atoms with Crippen molar-refractivity contribution >= 4 is 33.2 Å². The monoisotopic (exact) mass is 522 g/mol. The first-order chi connectivity index (χ1) is 16.1. The molecule has 1 aromatic heterocycles. The summed E-state index contributed by atoms with van der Waals surface area (Å²) in [6.07, 6.45) is 0. The largest absolute Gasteiger partial charge is 0.419 e. The van der Waals surface area contributed by atoms with Gasteiger partial charge in [-0.2, -0.15) is 0 Å². The van der Waals surface area contributed by atoms with E-state index in [0.29, 0.717) is 11.8 Å². The number of aryl methyl sites for hydroxylation is 1. The van der Waals surface area contributed by atoms with Crippen LogP contribution in [-0.4, -0.2) is 41.3 Å². The van der Waals surface area contributed by atoms with Crippen molar-refractivity contribution in [3.8, 4) is 11.5 Å². The van der Waals surface area contributed by atoms with E-state index < -0.39 is 0 Å². The second-order valence-electron chi connectivity index (χ2n) is 8.22. The molecule has 1 aliphatic heterocycles. The van der Waals surface area contributed by atoms with Crippen molar-refractivity contribution in [2.45, 2.75) is 13.0 Å². The van der Waals surface area contributed by atoms with Crippen molar-refractivity contribution in [1.82, 2.24) is 15.1 Å². The van der Waals surface area contributed by atoms with Crippen LogP contribution >= 0.6 is 27.5 Å². The Balaban J connectivity index is 1.42. The van der Waals surface area contributed by atoms with Gasteiger partial charge in [0, 0.05) is 46.9 Å². The molecule has 0 aliphatic carbocycles. The Kier molecular flexibility index (Phi) is 6.49. The Labute approximate surface area is 207 Å². The Bertz CT molecular complexity index is 1220. The van der Waals surface area contributed by atoms with Gasteiger partial charge in [-0.3, -0.25) is 4.90 Å². The highest BCUT2D eigenvalue weighted by atomic mass is 79.9. The lowest BCUT2D eigenvalue weighted by atomic mass is 10.0. The Hall–Kier alpha value is -2.67. The molecule has 0 saturated carbocycles. The molecule has 7 heteroatoms. The van der Waals surface area contributed by atoms with Crippen molar-refractivity contribution in [2.75, 3.05) is 31.1 Å². The van der Waals surface area contributed by atoms with E-state index in [1.165, 1.54) is 11.3 Å². The molecule has 4 aromatic rings. The average Bonchev–Trinajstić information content (AvgIpc) is 3.33. The van der Waals surface area contributed by atoms with Gasteiger partial charge in [0.2, 0.25) is 11.8 Å². The number of hydrogen-bond donors (Lipinski definition) is 0. The molecule has 1 saturated heterocycles. The van der Waals surface area contributed by atoms with Gasteiger partial charge in [-0.05, 0) is 54.4 Å². The quantitative estimate of drug-likeness (QED) is 0.304. The number of hydrogen-bond acceptors (Lipinski definition) is 5. The van der Waals surface area contributed by atoms with Crippen LogP contribution in [-0.2, 0) is 0 Å². The van der Waals surface area contributed by atoms with Crippen LogP contribution in [0.1, 0.15) is 23.1 Å². The predicted molar refractivity (Wildman–Crippen MR) is 136 cm³/mol. The predicted octanol–water partition coefficient (Wildman–Crippen LogP) is 6.37. The zero-order valence-electron chi connectivity index (χ0n) is 18.3. The van der Waals surface area contributed by atoms with E-state index in [0.717, 1.165) is 46.8 Å². The van der Waals surface area contributed by atoms with E-state index in [1.807, 2.05) is 36.4 Å². The fraction of sp³-hybridized carbons (Fsp3) is 0.231. The molecule has 0 radical (unpaired) electrons. The van der Waals surface area contributed by atoms with Crippen molar-refractivity contribution in [1.29, 1.82) is 0 Å². The summed E-state index contributed by atoms with van der Waals surface area (Å²) in [6.45, 7) is 5.67. The SMILES string of the molecule is Cc1ccc(Cl)cc1N1CCN([C@H](c2ccc(Br)cc2)c2nnc(-c3ccccc3)o2)CC1. The fourth-order valence-corrected chi connectivity index (χ4v) is 4.77. The van der Waals surface area contributed by atoms with Gasteiger partial charge in [0.25, 0.3) is 0 Å². The zero-order valence-corrected chi connectivity index (χ0v) is 20.6. The van der Waals surface area contributed by atoms with E-state index >= 15 is 0 Å². The second-order valence-corrected chi connectivity index (χ2v) is 9.57. The summed E-state index contributed by atoms with van der Waals surface area (Å²) in [4.78, 5) is 4.82. The highest BCUT2D eigenvalue weighted by molar-refractivity contribution is 9.10. The standard InChI is InChI=1S/C26H24BrClN4O/c1-18-7-12-22(28)17-23(18)31-13-15-32(16-14-31)24(19-8-10-21(27)11-9-19)26-30-29-25(33-26)20-5-3-2-4-6-20/h2-12,17,24H,13-16H2,1H3/t24-/m1/s1. The number of anilines is 1. The van der Waals surface area contributed by atoms with Gasteiger partial charge in [0.05, 0.1) is 0 Å². The summed E-state index contributed by atoms with van der Waals surface area (Å²) in [5, 5.41) is 9.59. The Morgan fingerprint density at radius 1 is 0.909 bits per heavy atom. The van der Waals surface area contributed by atoms with Crippen LogP contribution in [0.4, 0.5) is 5.69 Å². The summed E-state index contributed by atoms with van der Waals surface area (Å²) in [5.41, 5.74) is 4.49. The topological polar surface area (TPSA) is 45.4 Å². The van der Waals surface area contributed by atoms with Crippen LogP contribution in [0.2, 0.25) is 5.02 Å². The number of nitrogens with zero attached hydrogens (tertiary/aromatic N) is 4. The fourth-order valence-electron chi connectivity index (χ4n) is 4.34. The maximum atomic E-state index is 6.27. The third-order valence-electron chi connectivity index (χ3n) is 6.07. The summed E-state index contributed by atoms with van der Waals surface area (Å²) in [5.74, 6) is 1.16. The number of aromatic nitrogens is 2. The zero-order chi connectivity index (χ0) is 22.8. The van der Waals surface area contributed by atoms with Crippen LogP contribution in [0.3, 0.4) is 0 Å². The van der Waals surface area contributed by atoms with Gasteiger partial charge in [0.15, 0.2) is 0 Å². The maximum absolute atomic E-state index is 6.27. The molecule has 1 atom stereocenters. The Morgan fingerprint density at radius 2 is 1.64 bits per heavy atom. The van der Waals surface area contributed by atoms with E-state index in [-0.39, 0.29) is 6.04 Å². The first-order valence-corrected chi connectivity index (χ1v) is 12.1. The van der Waals surface area contributed by atoms with E-state index in [4.69, 9.17) is 16.0 Å². The summed E-state index contributed by atoms with van der Waals surface area (Å²) in [7, 11) is 0. The minimum Gasteiger partial charge on any atom is -0.419 e. The van der Waals surface area contributed by atoms with Crippen molar-refractivity contribution in [3.63, 3.8) is 0 Å². The number of rotatable bonds is 5. The number of benzene rings is 3. The van der Waals surface area contributed by atoms with Crippen LogP contribution in [0.25, 0.3) is 11.5 Å². The van der Waals surface area contributed by atoms with Gasteiger partial charge in [-0.15, -0.1) is 10.2 Å². The van der Waals surface area contributed by atoms with E-state index in [1.54, 1.807) is 0 Å². The molecule has 1 aliphatic rings. The van der Waals surface area contributed by atoms with Crippen LogP contribution < -0.4 is 4.90 Å². The molecule has 33 heavy (non-hydrogen) atoms. The van der Waals surface area contributed by atoms with Gasteiger partial charge in [0.1, 0.15) is 6.04 Å². The minimum atomic E-state index is -0.106. The number of piperazine rings is 1. The van der Waals surface area contributed by atoms with E-state index in [9.17, 15) is 0 Å². The molecular weight excluding hydrogens is 500 g/mol. The third kappa shape index (κ3) is 4.83. The summed E-state index contributed by atoms with van der Waals surface area (Å²) >= 11 is 9.82.